The summed E-state index contributed by atoms with van der Waals surface area (Å²) < 4.78 is 16.1. The van der Waals surface area contributed by atoms with E-state index in [0.29, 0.717) is 0 Å². The van der Waals surface area contributed by atoms with E-state index in [1.54, 1.807) is 21.3 Å². The van der Waals surface area contributed by atoms with Crippen molar-refractivity contribution in [2.75, 3.05) is 27.9 Å². The second-order valence-corrected chi connectivity index (χ2v) is 7.68. The maximum atomic E-state index is 6.09. The molecule has 0 saturated carbocycles. The van der Waals surface area contributed by atoms with Gasteiger partial charge in [0.1, 0.15) is 0 Å². The van der Waals surface area contributed by atoms with E-state index in [4.69, 9.17) is 24.7 Å². The van der Waals surface area contributed by atoms with Gasteiger partial charge in [0.25, 0.3) is 0 Å². The van der Waals surface area contributed by atoms with Crippen molar-refractivity contribution in [1.82, 2.24) is 0 Å². The van der Waals surface area contributed by atoms with E-state index < -0.39 is 8.80 Å². The van der Waals surface area contributed by atoms with E-state index in [2.05, 4.69) is 0 Å². The van der Waals surface area contributed by atoms with E-state index in [1.807, 2.05) is 0 Å². The topological polar surface area (TPSA) is 79.7 Å². The van der Waals surface area contributed by atoms with E-state index >= 15 is 0 Å². The molecule has 0 heterocycles. The Labute approximate surface area is 113 Å². The molecule has 110 valence electrons. The summed E-state index contributed by atoms with van der Waals surface area (Å²) in [5.74, 6) is 0. The van der Waals surface area contributed by atoms with Crippen molar-refractivity contribution in [3.8, 4) is 0 Å². The highest BCUT2D eigenvalue weighted by Crippen LogP contribution is 2.17. The summed E-state index contributed by atoms with van der Waals surface area (Å²) in [5, 5.41) is 0. The van der Waals surface area contributed by atoms with E-state index in [1.165, 1.54) is 19.3 Å². The Morgan fingerprint density at radius 2 is 1.44 bits per heavy atom. The largest absolute Gasteiger partial charge is 0.500 e. The zero-order valence-electron chi connectivity index (χ0n) is 12.1. The Kier molecular flexibility index (Phi) is 10.9. The fourth-order valence-corrected chi connectivity index (χ4v) is 3.80. The van der Waals surface area contributed by atoms with Crippen LogP contribution in [-0.2, 0) is 13.3 Å². The number of hydrogen-bond donors (Lipinski definition) is 2. The van der Waals surface area contributed by atoms with Crippen molar-refractivity contribution >= 4 is 8.80 Å². The average Bonchev–Trinajstić information content (AvgIpc) is 2.41. The molecular formula is C12H30N2O3Si. The zero-order valence-corrected chi connectivity index (χ0v) is 13.1. The Balaban J connectivity index is 3.71. The standard InChI is InChI=1S/C12H30N2O3Si/c1-15-18(16-2,17-3)11-9-12(14)8-6-4-5-7-10-13/h12H,4-11,13-14H2,1-3H3. The Morgan fingerprint density at radius 1 is 0.889 bits per heavy atom. The van der Waals surface area contributed by atoms with Gasteiger partial charge in [0.2, 0.25) is 0 Å². The van der Waals surface area contributed by atoms with Gasteiger partial charge in [-0.25, -0.2) is 0 Å². The van der Waals surface area contributed by atoms with Gasteiger partial charge < -0.3 is 24.7 Å². The molecule has 0 fully saturated rings. The van der Waals surface area contributed by atoms with E-state index in [-0.39, 0.29) is 6.04 Å². The first kappa shape index (κ1) is 18.0. The molecule has 5 nitrogen and oxygen atoms in total. The number of rotatable bonds is 12. The summed E-state index contributed by atoms with van der Waals surface area (Å²) in [7, 11) is 2.47. The van der Waals surface area contributed by atoms with Crippen molar-refractivity contribution < 1.29 is 13.3 Å². The van der Waals surface area contributed by atoms with Gasteiger partial charge in [0.05, 0.1) is 0 Å². The molecule has 0 spiro atoms. The Morgan fingerprint density at radius 3 is 1.94 bits per heavy atom. The molecule has 0 amide bonds. The van der Waals surface area contributed by atoms with Crippen molar-refractivity contribution in [3.05, 3.63) is 0 Å². The molecule has 0 aliphatic carbocycles. The van der Waals surface area contributed by atoms with Crippen LogP contribution >= 0.6 is 0 Å². The second kappa shape index (κ2) is 10.9. The van der Waals surface area contributed by atoms with Crippen molar-refractivity contribution in [1.29, 1.82) is 0 Å². The van der Waals surface area contributed by atoms with Crippen LogP contribution in [0.1, 0.15) is 38.5 Å². The van der Waals surface area contributed by atoms with Crippen LogP contribution < -0.4 is 11.5 Å². The fraction of sp³-hybridized carbons (Fsp3) is 1.00. The lowest BCUT2D eigenvalue weighted by molar-refractivity contribution is 0.122. The number of nitrogens with two attached hydrogens (primary N) is 2. The van der Waals surface area contributed by atoms with Gasteiger partial charge in [-0.05, 0) is 25.8 Å². The van der Waals surface area contributed by atoms with Crippen LogP contribution in [0.25, 0.3) is 0 Å². The monoisotopic (exact) mass is 278 g/mol. The minimum Gasteiger partial charge on any atom is -0.377 e. The van der Waals surface area contributed by atoms with Crippen molar-refractivity contribution in [3.63, 3.8) is 0 Å². The third-order valence-corrected chi connectivity index (χ3v) is 6.05. The third kappa shape index (κ3) is 7.45. The van der Waals surface area contributed by atoms with E-state index in [0.717, 1.165) is 31.9 Å². The maximum absolute atomic E-state index is 6.09. The lowest BCUT2D eigenvalue weighted by Gasteiger charge is -2.25. The first-order chi connectivity index (χ1) is 8.64. The number of unbranched alkanes of at least 4 members (excludes halogenated alkanes) is 3. The van der Waals surface area contributed by atoms with Gasteiger partial charge in [-0.15, -0.1) is 0 Å². The van der Waals surface area contributed by atoms with Crippen LogP contribution in [0.3, 0.4) is 0 Å². The molecule has 1 unspecified atom stereocenters. The summed E-state index contributed by atoms with van der Waals surface area (Å²) in [4.78, 5) is 0. The average molecular weight is 278 g/mol. The molecule has 0 rings (SSSR count). The van der Waals surface area contributed by atoms with Crippen LogP contribution in [0.15, 0.2) is 0 Å². The minimum atomic E-state index is -2.44. The molecule has 6 heteroatoms. The van der Waals surface area contributed by atoms with Crippen molar-refractivity contribution in [2.45, 2.75) is 50.6 Å². The summed E-state index contributed by atoms with van der Waals surface area (Å²) in [6.07, 6.45) is 6.64. The molecule has 0 aromatic rings. The summed E-state index contributed by atoms with van der Waals surface area (Å²) in [6.45, 7) is 0.787. The van der Waals surface area contributed by atoms with Gasteiger partial charge in [-0.2, -0.15) is 0 Å². The quantitative estimate of drug-likeness (QED) is 0.418. The minimum absolute atomic E-state index is 0.204. The summed E-state index contributed by atoms with van der Waals surface area (Å²) in [6, 6.07) is 0.982. The van der Waals surface area contributed by atoms with Gasteiger partial charge in [-0.3, -0.25) is 0 Å². The molecule has 0 aliphatic rings. The maximum Gasteiger partial charge on any atom is 0.500 e. The van der Waals surface area contributed by atoms with E-state index in [9.17, 15) is 0 Å². The molecule has 0 aromatic carbocycles. The highest BCUT2D eigenvalue weighted by molar-refractivity contribution is 6.60. The van der Waals surface area contributed by atoms with Gasteiger partial charge in [0, 0.05) is 33.4 Å². The summed E-state index contributed by atoms with van der Waals surface area (Å²) >= 11 is 0. The predicted molar refractivity (Wildman–Crippen MR) is 76.3 cm³/mol. The predicted octanol–water partition coefficient (Wildman–Crippen LogP) is 1.49. The van der Waals surface area contributed by atoms with Crippen LogP contribution in [0.2, 0.25) is 6.04 Å². The normalized spacial score (nSPS) is 13.8. The second-order valence-electron chi connectivity index (χ2n) is 4.59. The number of hydrogen-bond acceptors (Lipinski definition) is 5. The highest BCUT2D eigenvalue weighted by atomic mass is 28.4. The molecule has 4 N–H and O–H groups in total. The van der Waals surface area contributed by atoms with Gasteiger partial charge >= 0.3 is 8.80 Å². The first-order valence-corrected chi connectivity index (χ1v) is 8.68. The molecule has 0 aromatic heterocycles. The SMILES string of the molecule is CO[Si](CCC(N)CCCCCCN)(OC)OC. The lowest BCUT2D eigenvalue weighted by atomic mass is 10.1. The zero-order chi connectivity index (χ0) is 13.9. The third-order valence-electron chi connectivity index (χ3n) is 3.28. The van der Waals surface area contributed by atoms with Crippen LogP contribution in [0.4, 0.5) is 0 Å². The highest BCUT2D eigenvalue weighted by Gasteiger charge is 2.37. The Bertz CT molecular complexity index is 184. The molecule has 18 heavy (non-hydrogen) atoms. The van der Waals surface area contributed by atoms with Gasteiger partial charge in [0.15, 0.2) is 0 Å². The smallest absolute Gasteiger partial charge is 0.377 e. The lowest BCUT2D eigenvalue weighted by Crippen LogP contribution is -2.43. The van der Waals surface area contributed by atoms with Crippen LogP contribution in [-0.4, -0.2) is 42.7 Å². The molecule has 0 aliphatic heterocycles. The summed E-state index contributed by atoms with van der Waals surface area (Å²) in [5.41, 5.74) is 11.5. The van der Waals surface area contributed by atoms with Crippen LogP contribution in [0.5, 0.6) is 0 Å². The van der Waals surface area contributed by atoms with Crippen LogP contribution in [0, 0.1) is 0 Å². The molecular weight excluding hydrogens is 248 g/mol. The first-order valence-electron chi connectivity index (χ1n) is 6.75. The Hall–Kier alpha value is 0.0169. The molecule has 0 saturated heterocycles. The molecule has 1 atom stereocenters. The molecule has 0 radical (unpaired) electrons. The van der Waals surface area contributed by atoms with Gasteiger partial charge in [-0.1, -0.05) is 19.3 Å². The molecule has 0 bridgehead atoms. The fourth-order valence-electron chi connectivity index (χ4n) is 1.97. The van der Waals surface area contributed by atoms with Crippen molar-refractivity contribution in [2.24, 2.45) is 11.5 Å².